The van der Waals surface area contributed by atoms with Gasteiger partial charge in [0.2, 0.25) is 0 Å². The highest BCUT2D eigenvalue weighted by Crippen LogP contribution is 2.33. The molecular weight excluding hydrogens is 366 g/mol. The van der Waals surface area contributed by atoms with E-state index in [-0.39, 0.29) is 18.0 Å². The summed E-state index contributed by atoms with van der Waals surface area (Å²) < 4.78 is 6.98. The van der Waals surface area contributed by atoms with Gasteiger partial charge in [-0.05, 0) is 31.2 Å². The molecule has 7 heteroatoms. The Morgan fingerprint density at radius 1 is 1.00 bits per heavy atom. The van der Waals surface area contributed by atoms with Crippen LogP contribution in [0.3, 0.4) is 0 Å². The molecule has 5 rings (SSSR count). The lowest BCUT2D eigenvalue weighted by molar-refractivity contribution is 0.0529. The Bertz CT molecular complexity index is 1400. The maximum Gasteiger partial charge on any atom is 0.344 e. The van der Waals surface area contributed by atoms with E-state index in [1.165, 1.54) is 0 Å². The lowest BCUT2D eigenvalue weighted by Gasteiger charge is -2.10. The van der Waals surface area contributed by atoms with Gasteiger partial charge in [0.05, 0.1) is 28.8 Å². The van der Waals surface area contributed by atoms with Crippen LogP contribution in [-0.2, 0) is 4.74 Å². The largest absolute Gasteiger partial charge is 0.462 e. The molecule has 0 unspecified atom stereocenters. The van der Waals surface area contributed by atoms with E-state index >= 15 is 0 Å². The number of fused-ring (bicyclic) bond motifs is 3. The molecule has 0 fully saturated rings. The molecule has 29 heavy (non-hydrogen) atoms. The number of nitrogens with zero attached hydrogens (tertiary/aromatic N) is 4. The molecule has 0 amide bonds. The second-order valence-corrected chi connectivity index (χ2v) is 6.55. The number of nitrogen functional groups attached to an aromatic ring is 1. The fourth-order valence-electron chi connectivity index (χ4n) is 3.58. The number of hydrogen-bond donors (Lipinski definition) is 1. The Hall–Kier alpha value is -4.00. The summed E-state index contributed by atoms with van der Waals surface area (Å²) in [5.74, 6) is -0.293. The summed E-state index contributed by atoms with van der Waals surface area (Å²) in [7, 11) is 0. The lowest BCUT2D eigenvalue weighted by atomic mass is 10.2. The zero-order valence-corrected chi connectivity index (χ0v) is 15.7. The van der Waals surface area contributed by atoms with Gasteiger partial charge < -0.3 is 10.5 Å². The number of carbonyl (C=O) groups excluding carboxylic acids is 1. The molecule has 0 saturated heterocycles. The normalized spacial score (nSPS) is 11.3. The van der Waals surface area contributed by atoms with E-state index in [4.69, 9.17) is 15.5 Å². The average Bonchev–Trinajstić information content (AvgIpc) is 3.02. The summed E-state index contributed by atoms with van der Waals surface area (Å²) in [5.41, 5.74) is 10.5. The number of benzene rings is 2. The van der Waals surface area contributed by atoms with Crippen molar-refractivity contribution in [3.8, 4) is 5.69 Å². The number of nitrogens with two attached hydrogens (primary N) is 1. The van der Waals surface area contributed by atoms with Gasteiger partial charge in [0.25, 0.3) is 0 Å². The minimum absolute atomic E-state index is 0.216. The van der Waals surface area contributed by atoms with Crippen LogP contribution in [0.5, 0.6) is 0 Å². The van der Waals surface area contributed by atoms with Crippen LogP contribution in [0.2, 0.25) is 0 Å². The molecule has 2 N–H and O–H groups in total. The van der Waals surface area contributed by atoms with Crippen molar-refractivity contribution in [2.24, 2.45) is 0 Å². The first-order valence-electron chi connectivity index (χ1n) is 9.27. The minimum Gasteiger partial charge on any atom is -0.462 e. The molecule has 0 aliphatic carbocycles. The van der Waals surface area contributed by atoms with Crippen LogP contribution in [-0.4, -0.2) is 32.1 Å². The third kappa shape index (κ3) is 2.59. The molecule has 0 saturated carbocycles. The zero-order chi connectivity index (χ0) is 20.0. The molecule has 2 aromatic carbocycles. The monoisotopic (exact) mass is 383 g/mol. The van der Waals surface area contributed by atoms with Crippen molar-refractivity contribution in [2.75, 3.05) is 12.3 Å². The van der Waals surface area contributed by atoms with Gasteiger partial charge in [-0.2, -0.15) is 0 Å². The van der Waals surface area contributed by atoms with E-state index in [2.05, 4.69) is 9.97 Å². The molecule has 5 aromatic rings. The predicted octanol–water partition coefficient (Wildman–Crippen LogP) is 3.88. The second kappa shape index (κ2) is 6.56. The van der Waals surface area contributed by atoms with Crippen LogP contribution < -0.4 is 5.73 Å². The predicted molar refractivity (Wildman–Crippen MR) is 112 cm³/mol. The van der Waals surface area contributed by atoms with Crippen molar-refractivity contribution >= 4 is 44.9 Å². The first kappa shape index (κ1) is 17.1. The molecule has 0 aliphatic rings. The first-order chi connectivity index (χ1) is 14.2. The van der Waals surface area contributed by atoms with E-state index in [0.717, 1.165) is 16.6 Å². The Morgan fingerprint density at radius 2 is 1.76 bits per heavy atom. The molecule has 0 spiro atoms. The summed E-state index contributed by atoms with van der Waals surface area (Å²) in [5, 5.41) is 0.956. The van der Waals surface area contributed by atoms with Gasteiger partial charge in [-0.3, -0.25) is 9.55 Å². The first-order valence-corrected chi connectivity index (χ1v) is 9.27. The van der Waals surface area contributed by atoms with E-state index in [0.29, 0.717) is 22.2 Å². The highest BCUT2D eigenvalue weighted by Gasteiger charge is 2.26. The van der Waals surface area contributed by atoms with Crippen molar-refractivity contribution in [3.05, 3.63) is 66.4 Å². The number of aromatic nitrogens is 4. The lowest BCUT2D eigenvalue weighted by Crippen LogP contribution is -2.09. The fraction of sp³-hybridized carbons (Fsp3) is 0.0909. The average molecular weight is 383 g/mol. The van der Waals surface area contributed by atoms with E-state index in [1.807, 2.05) is 54.6 Å². The van der Waals surface area contributed by atoms with Gasteiger partial charge in [0, 0.05) is 11.6 Å². The van der Waals surface area contributed by atoms with Gasteiger partial charge in [-0.15, -0.1) is 0 Å². The summed E-state index contributed by atoms with van der Waals surface area (Å²) in [6.07, 6.45) is 1.72. The number of carbonyl (C=O) groups is 1. The van der Waals surface area contributed by atoms with Crippen LogP contribution >= 0.6 is 0 Å². The number of pyridine rings is 1. The summed E-state index contributed by atoms with van der Waals surface area (Å²) >= 11 is 0. The van der Waals surface area contributed by atoms with Crippen LogP contribution in [0.1, 0.15) is 17.3 Å². The van der Waals surface area contributed by atoms with Crippen molar-refractivity contribution in [2.45, 2.75) is 6.92 Å². The number of hydrogen-bond acceptors (Lipinski definition) is 6. The van der Waals surface area contributed by atoms with E-state index in [9.17, 15) is 4.79 Å². The molecule has 3 aromatic heterocycles. The minimum atomic E-state index is -0.522. The molecule has 0 bridgehead atoms. The summed E-state index contributed by atoms with van der Waals surface area (Å²) in [6.45, 7) is 1.99. The Balaban J connectivity index is 1.93. The van der Waals surface area contributed by atoms with Gasteiger partial charge in [-0.25, -0.2) is 14.8 Å². The maximum absolute atomic E-state index is 12.7. The second-order valence-electron chi connectivity index (χ2n) is 6.55. The Morgan fingerprint density at radius 3 is 2.55 bits per heavy atom. The highest BCUT2D eigenvalue weighted by molar-refractivity contribution is 6.09. The quantitative estimate of drug-likeness (QED) is 0.475. The number of para-hydroxylation sites is 3. The molecular formula is C22H17N5O2. The fourth-order valence-corrected chi connectivity index (χ4v) is 3.58. The molecule has 0 atom stereocenters. The van der Waals surface area contributed by atoms with Crippen LogP contribution in [0.4, 0.5) is 5.82 Å². The van der Waals surface area contributed by atoms with Crippen molar-refractivity contribution < 1.29 is 9.53 Å². The zero-order valence-electron chi connectivity index (χ0n) is 15.7. The SMILES string of the molecule is CCOC(=O)c1c(N)n(-c2cccc3cccnc23)c2nc3ccccc3nc12. The van der Waals surface area contributed by atoms with Crippen LogP contribution in [0.15, 0.2) is 60.8 Å². The molecule has 0 radical (unpaired) electrons. The topological polar surface area (TPSA) is 95.9 Å². The smallest absolute Gasteiger partial charge is 0.344 e. The van der Waals surface area contributed by atoms with Crippen molar-refractivity contribution in [1.29, 1.82) is 0 Å². The van der Waals surface area contributed by atoms with Crippen LogP contribution in [0, 0.1) is 0 Å². The Kier molecular flexibility index (Phi) is 3.87. The summed E-state index contributed by atoms with van der Waals surface area (Å²) in [6, 6.07) is 17.1. The summed E-state index contributed by atoms with van der Waals surface area (Å²) in [4.78, 5) is 26.7. The number of ether oxygens (including phenoxy) is 1. The third-order valence-electron chi connectivity index (χ3n) is 4.83. The number of anilines is 1. The van der Waals surface area contributed by atoms with E-state index < -0.39 is 5.97 Å². The van der Waals surface area contributed by atoms with Gasteiger partial charge in [-0.1, -0.05) is 30.3 Å². The standard InChI is InChI=1S/C22H17N5O2/c1-2-29-22(28)17-19-21(26-15-10-4-3-9-14(15)25-19)27(20(17)23)16-11-5-7-13-8-6-12-24-18(13)16/h3-12H,2,23H2,1H3. The highest BCUT2D eigenvalue weighted by atomic mass is 16.5. The van der Waals surface area contributed by atoms with Crippen molar-refractivity contribution in [3.63, 3.8) is 0 Å². The molecule has 3 heterocycles. The molecule has 7 nitrogen and oxygen atoms in total. The number of esters is 1. The number of rotatable bonds is 3. The third-order valence-corrected chi connectivity index (χ3v) is 4.83. The molecule has 0 aliphatic heterocycles. The van der Waals surface area contributed by atoms with Crippen molar-refractivity contribution in [1.82, 2.24) is 19.5 Å². The van der Waals surface area contributed by atoms with Crippen LogP contribution in [0.25, 0.3) is 38.8 Å². The van der Waals surface area contributed by atoms with E-state index in [1.54, 1.807) is 17.7 Å². The van der Waals surface area contributed by atoms with Gasteiger partial charge in [0.15, 0.2) is 5.65 Å². The van der Waals surface area contributed by atoms with Gasteiger partial charge >= 0.3 is 5.97 Å². The molecule has 142 valence electrons. The van der Waals surface area contributed by atoms with Gasteiger partial charge in [0.1, 0.15) is 16.9 Å². The Labute approximate surface area is 165 Å². The maximum atomic E-state index is 12.7.